The van der Waals surface area contributed by atoms with Crippen molar-refractivity contribution >= 4 is 29.1 Å². The van der Waals surface area contributed by atoms with Crippen LogP contribution in [0.3, 0.4) is 0 Å². The van der Waals surface area contributed by atoms with Crippen molar-refractivity contribution in [2.24, 2.45) is 5.92 Å². The molecule has 1 aromatic heterocycles. The molecule has 3 rings (SSSR count). The third-order valence-corrected chi connectivity index (χ3v) is 8.20. The van der Waals surface area contributed by atoms with Gasteiger partial charge in [-0.2, -0.15) is 11.3 Å². The van der Waals surface area contributed by atoms with Gasteiger partial charge < -0.3 is 14.9 Å². The Bertz CT molecular complexity index is 1000. The van der Waals surface area contributed by atoms with Crippen molar-refractivity contribution in [2.45, 2.75) is 83.3 Å². The first-order chi connectivity index (χ1) is 15.0. The fourth-order valence-electron chi connectivity index (χ4n) is 4.07. The fourth-order valence-corrected chi connectivity index (χ4v) is 6.02. The number of aryl methyl sites for hydroxylation is 2. The average molecular weight is 475 g/mol. The Hall–Kier alpha value is -1.76. The third-order valence-electron chi connectivity index (χ3n) is 6.31. The minimum Gasteiger partial charge on any atom is -0.511 e. The van der Waals surface area contributed by atoms with Crippen molar-refractivity contribution in [3.63, 3.8) is 0 Å². The molecule has 174 valence electrons. The van der Waals surface area contributed by atoms with Crippen LogP contribution >= 0.6 is 23.1 Å². The number of rotatable bonds is 7. The lowest BCUT2D eigenvalue weighted by atomic mass is 9.80. The van der Waals surface area contributed by atoms with Gasteiger partial charge in [-0.15, -0.1) is 0 Å². The quantitative estimate of drug-likeness (QED) is 0.438. The van der Waals surface area contributed by atoms with E-state index in [0.29, 0.717) is 12.8 Å². The second-order valence-electron chi connectivity index (χ2n) is 9.98. The van der Waals surface area contributed by atoms with Crippen LogP contribution in [0.1, 0.15) is 69.7 Å². The third kappa shape index (κ3) is 5.24. The molecule has 2 heterocycles. The van der Waals surface area contributed by atoms with E-state index in [1.165, 1.54) is 17.3 Å². The summed E-state index contributed by atoms with van der Waals surface area (Å²) in [6.45, 7) is 12.3. The molecule has 0 unspecified atom stereocenters. The van der Waals surface area contributed by atoms with Gasteiger partial charge in [0.1, 0.15) is 16.3 Å². The molecule has 1 aliphatic rings. The van der Waals surface area contributed by atoms with Crippen molar-refractivity contribution < 1.29 is 19.7 Å². The first-order valence-electron chi connectivity index (χ1n) is 11.1. The molecule has 0 radical (unpaired) electrons. The maximum atomic E-state index is 13.2. The van der Waals surface area contributed by atoms with E-state index < -0.39 is 11.6 Å². The molecule has 0 fully saturated rings. The minimum atomic E-state index is -0.712. The number of thiophene rings is 1. The summed E-state index contributed by atoms with van der Waals surface area (Å²) in [7, 11) is 0. The summed E-state index contributed by atoms with van der Waals surface area (Å²) < 4.78 is 6.08. The van der Waals surface area contributed by atoms with Gasteiger partial charge in [-0.05, 0) is 76.2 Å². The Morgan fingerprint density at radius 3 is 2.53 bits per heavy atom. The number of carbonyl (C=O) groups excluding carboxylic acids is 1. The predicted octanol–water partition coefficient (Wildman–Crippen LogP) is 6.68. The average Bonchev–Trinajstić information content (AvgIpc) is 3.22. The fraction of sp³-hybridized carbons (Fsp3) is 0.500. The van der Waals surface area contributed by atoms with Crippen molar-refractivity contribution in [3.05, 3.63) is 61.9 Å². The van der Waals surface area contributed by atoms with Gasteiger partial charge >= 0.3 is 5.97 Å². The van der Waals surface area contributed by atoms with E-state index in [9.17, 15) is 15.0 Å². The highest BCUT2D eigenvalue weighted by molar-refractivity contribution is 8.04. The molecule has 2 aromatic rings. The van der Waals surface area contributed by atoms with Crippen LogP contribution in [0.4, 0.5) is 0 Å². The molecule has 0 saturated heterocycles. The zero-order valence-corrected chi connectivity index (χ0v) is 21.5. The zero-order valence-electron chi connectivity index (χ0n) is 19.8. The summed E-state index contributed by atoms with van der Waals surface area (Å²) in [5.41, 5.74) is 3.19. The summed E-state index contributed by atoms with van der Waals surface area (Å²) in [5.74, 6) is -0.273. The van der Waals surface area contributed by atoms with Gasteiger partial charge in [0.05, 0.1) is 6.61 Å². The monoisotopic (exact) mass is 474 g/mol. The van der Waals surface area contributed by atoms with Gasteiger partial charge in [0.15, 0.2) is 0 Å². The normalized spacial score (nSPS) is 19.6. The number of aliphatic hydroxyl groups excluding tert-OH is 2. The number of carbonyl (C=O) groups is 1. The molecule has 6 heteroatoms. The Kier molecular flexibility index (Phi) is 7.48. The van der Waals surface area contributed by atoms with Gasteiger partial charge in [0.25, 0.3) is 0 Å². The van der Waals surface area contributed by atoms with Crippen LogP contribution in [-0.4, -0.2) is 21.8 Å². The van der Waals surface area contributed by atoms with E-state index >= 15 is 0 Å². The predicted molar refractivity (Wildman–Crippen MR) is 132 cm³/mol. The van der Waals surface area contributed by atoms with Crippen LogP contribution < -0.4 is 0 Å². The lowest BCUT2D eigenvalue weighted by Gasteiger charge is -2.40. The van der Waals surface area contributed by atoms with Crippen molar-refractivity contribution in [2.75, 3.05) is 0 Å². The molecule has 32 heavy (non-hydrogen) atoms. The number of hydrogen-bond acceptors (Lipinski definition) is 6. The standard InChI is InChI=1S/C26H34O4S2/c1-16(2)26(9-7-18-8-10-31-15-18)13-21(28)23(24(29)30-26)32-22-11-17(3)19(14-27)12-20(22)25(4,5)6/h8,10-12,15-16,27-28H,7,9,13-14H2,1-6H3/t26-/m0/s1. The largest absolute Gasteiger partial charge is 0.511 e. The topological polar surface area (TPSA) is 66.8 Å². The van der Waals surface area contributed by atoms with Crippen LogP contribution in [0.15, 0.2) is 44.5 Å². The molecule has 4 nitrogen and oxygen atoms in total. The maximum Gasteiger partial charge on any atom is 0.349 e. The van der Waals surface area contributed by atoms with E-state index in [1.807, 2.05) is 38.3 Å². The number of thioether (sulfide) groups is 1. The van der Waals surface area contributed by atoms with Crippen molar-refractivity contribution in [3.8, 4) is 0 Å². The van der Waals surface area contributed by atoms with Gasteiger partial charge in [-0.25, -0.2) is 4.79 Å². The Balaban J connectivity index is 1.93. The van der Waals surface area contributed by atoms with E-state index in [2.05, 4.69) is 32.2 Å². The Morgan fingerprint density at radius 1 is 1.28 bits per heavy atom. The lowest BCUT2D eigenvalue weighted by Crippen LogP contribution is -2.44. The lowest BCUT2D eigenvalue weighted by molar-refractivity contribution is -0.164. The maximum absolute atomic E-state index is 13.2. The molecule has 0 aliphatic carbocycles. The van der Waals surface area contributed by atoms with E-state index in [1.54, 1.807) is 11.3 Å². The molecule has 2 N–H and O–H groups in total. The van der Waals surface area contributed by atoms with E-state index in [4.69, 9.17) is 4.74 Å². The second-order valence-corrected chi connectivity index (χ2v) is 11.8. The Labute approximate surface area is 199 Å². The number of aliphatic hydroxyl groups is 2. The minimum absolute atomic E-state index is 0.0309. The molecule has 0 saturated carbocycles. The summed E-state index contributed by atoms with van der Waals surface area (Å²) in [6, 6.07) is 6.08. The molecule has 0 spiro atoms. The number of esters is 1. The van der Waals surface area contributed by atoms with Crippen LogP contribution in [0, 0.1) is 12.8 Å². The number of benzene rings is 1. The highest BCUT2D eigenvalue weighted by atomic mass is 32.2. The molecule has 1 aliphatic heterocycles. The summed E-state index contributed by atoms with van der Waals surface area (Å²) in [5, 5.41) is 24.9. The smallest absolute Gasteiger partial charge is 0.349 e. The van der Waals surface area contributed by atoms with E-state index in [-0.39, 0.29) is 28.6 Å². The molecule has 1 aromatic carbocycles. The van der Waals surface area contributed by atoms with E-state index in [0.717, 1.165) is 28.0 Å². The van der Waals surface area contributed by atoms with Crippen molar-refractivity contribution in [1.29, 1.82) is 0 Å². The first-order valence-corrected chi connectivity index (χ1v) is 12.8. The van der Waals surface area contributed by atoms with Gasteiger partial charge in [-0.3, -0.25) is 0 Å². The SMILES string of the molecule is Cc1cc(SC2=C(O)C[C@@](CCc3ccsc3)(C(C)C)OC2=O)c(C(C)(C)C)cc1CO. The highest BCUT2D eigenvalue weighted by Crippen LogP contribution is 2.45. The highest BCUT2D eigenvalue weighted by Gasteiger charge is 2.44. The van der Waals surface area contributed by atoms with Crippen LogP contribution in [0.25, 0.3) is 0 Å². The summed E-state index contributed by atoms with van der Waals surface area (Å²) in [6.07, 6.45) is 1.80. The number of ether oxygens (including phenoxy) is 1. The van der Waals surface area contributed by atoms with Crippen LogP contribution in [-0.2, 0) is 28.0 Å². The van der Waals surface area contributed by atoms with Crippen LogP contribution in [0.5, 0.6) is 0 Å². The first kappa shape index (κ1) is 24.9. The molecular formula is C26H34O4S2. The second kappa shape index (κ2) is 9.62. The van der Waals surface area contributed by atoms with Gasteiger partial charge in [-0.1, -0.05) is 52.4 Å². The molecular weight excluding hydrogens is 440 g/mol. The van der Waals surface area contributed by atoms with Gasteiger partial charge in [0.2, 0.25) is 0 Å². The van der Waals surface area contributed by atoms with Crippen molar-refractivity contribution in [1.82, 2.24) is 0 Å². The molecule has 0 amide bonds. The van der Waals surface area contributed by atoms with Crippen LogP contribution in [0.2, 0.25) is 0 Å². The Morgan fingerprint density at radius 2 is 2.00 bits per heavy atom. The number of hydrogen-bond donors (Lipinski definition) is 2. The molecule has 1 atom stereocenters. The van der Waals surface area contributed by atoms with Gasteiger partial charge in [0, 0.05) is 11.3 Å². The molecule has 0 bridgehead atoms. The summed E-state index contributed by atoms with van der Waals surface area (Å²) in [4.78, 5) is 14.3. The zero-order chi connectivity index (χ0) is 23.7. The summed E-state index contributed by atoms with van der Waals surface area (Å²) >= 11 is 2.93. The number of cyclic esters (lactones) is 1.